The molecule has 0 spiro atoms. The molecule has 0 heterocycles. The van der Waals surface area contributed by atoms with Crippen LogP contribution in [-0.4, -0.2) is 77.1 Å². The van der Waals surface area contributed by atoms with E-state index in [9.17, 15) is 9.90 Å². The number of aliphatic hydroxyl groups is 1. The number of methoxy groups -OCH3 is 4. The zero-order valence-corrected chi connectivity index (χ0v) is 12.1. The monoisotopic (exact) mass is 280 g/mol. The number of rotatable bonds is 10. The highest BCUT2D eigenvalue weighted by atomic mass is 16.6. The summed E-state index contributed by atoms with van der Waals surface area (Å²) >= 11 is 0. The van der Waals surface area contributed by atoms with E-state index in [2.05, 4.69) is 0 Å². The Kier molecular flexibility index (Phi) is 9.72. The molecule has 0 aliphatic heterocycles. The van der Waals surface area contributed by atoms with Crippen molar-refractivity contribution in [3.8, 4) is 0 Å². The quantitative estimate of drug-likeness (QED) is 0.545. The maximum Gasteiger partial charge on any atom is 0.303 e. The van der Waals surface area contributed by atoms with Crippen molar-refractivity contribution >= 4 is 5.97 Å². The van der Waals surface area contributed by atoms with E-state index in [1.165, 1.54) is 35.4 Å². The highest BCUT2D eigenvalue weighted by Crippen LogP contribution is 2.16. The standard InChI is InChI=1S/C12H24O7/c1-8(14)19-9(6-13)11(17-4)12(18-5)10(16-3)7-15-2/h9-13H,6-7H2,1-5H3/t9-,10+,11-,12-/m1/s1. The van der Waals surface area contributed by atoms with E-state index in [-0.39, 0.29) is 13.2 Å². The highest BCUT2D eigenvalue weighted by molar-refractivity contribution is 5.66. The van der Waals surface area contributed by atoms with Crippen LogP contribution in [-0.2, 0) is 28.5 Å². The van der Waals surface area contributed by atoms with Gasteiger partial charge < -0.3 is 28.8 Å². The van der Waals surface area contributed by atoms with Crippen LogP contribution in [0.1, 0.15) is 6.92 Å². The van der Waals surface area contributed by atoms with Crippen molar-refractivity contribution in [2.24, 2.45) is 0 Å². The summed E-state index contributed by atoms with van der Waals surface area (Å²) in [4.78, 5) is 11.0. The molecule has 1 N–H and O–H groups in total. The van der Waals surface area contributed by atoms with E-state index in [1.807, 2.05) is 0 Å². The third-order valence-corrected chi connectivity index (χ3v) is 2.73. The second kappa shape index (κ2) is 10.1. The summed E-state index contributed by atoms with van der Waals surface area (Å²) in [6, 6.07) is 0. The zero-order valence-electron chi connectivity index (χ0n) is 12.1. The van der Waals surface area contributed by atoms with Crippen LogP contribution in [0.2, 0.25) is 0 Å². The normalized spacial score (nSPS) is 17.6. The molecule has 0 rings (SSSR count). The lowest BCUT2D eigenvalue weighted by atomic mass is 10.0. The molecule has 0 aromatic rings. The molecule has 0 aromatic heterocycles. The molecule has 19 heavy (non-hydrogen) atoms. The molecule has 7 heteroatoms. The van der Waals surface area contributed by atoms with E-state index >= 15 is 0 Å². The van der Waals surface area contributed by atoms with E-state index < -0.39 is 30.4 Å². The summed E-state index contributed by atoms with van der Waals surface area (Å²) in [5.41, 5.74) is 0. The van der Waals surface area contributed by atoms with Crippen LogP contribution in [0.4, 0.5) is 0 Å². The maximum absolute atomic E-state index is 11.0. The van der Waals surface area contributed by atoms with Gasteiger partial charge in [0.15, 0.2) is 6.10 Å². The van der Waals surface area contributed by atoms with Crippen LogP contribution >= 0.6 is 0 Å². The smallest absolute Gasteiger partial charge is 0.303 e. The second-order valence-electron chi connectivity index (χ2n) is 3.96. The Hall–Kier alpha value is -0.730. The molecule has 0 saturated heterocycles. The van der Waals surface area contributed by atoms with Gasteiger partial charge in [0.1, 0.15) is 18.3 Å². The van der Waals surface area contributed by atoms with Gasteiger partial charge in [0.05, 0.1) is 13.2 Å². The van der Waals surface area contributed by atoms with Gasteiger partial charge in [-0.25, -0.2) is 0 Å². The fourth-order valence-corrected chi connectivity index (χ4v) is 1.88. The SMILES string of the molecule is COC[C@H](OC)[C@@H](OC)[C@H](OC)[C@@H](CO)OC(C)=O. The average Bonchev–Trinajstić information content (AvgIpc) is 2.40. The molecule has 0 fully saturated rings. The minimum absolute atomic E-state index is 0.285. The van der Waals surface area contributed by atoms with Crippen LogP contribution in [0.5, 0.6) is 0 Å². The van der Waals surface area contributed by atoms with Crippen LogP contribution < -0.4 is 0 Å². The van der Waals surface area contributed by atoms with Gasteiger partial charge in [-0.15, -0.1) is 0 Å². The molecule has 0 radical (unpaired) electrons. The van der Waals surface area contributed by atoms with E-state index in [4.69, 9.17) is 23.7 Å². The molecule has 114 valence electrons. The molecule has 0 aliphatic rings. The summed E-state index contributed by atoms with van der Waals surface area (Å²) in [5.74, 6) is -0.503. The Morgan fingerprint density at radius 1 is 1.00 bits per heavy atom. The molecular weight excluding hydrogens is 256 g/mol. The molecule has 0 aliphatic carbocycles. The lowest BCUT2D eigenvalue weighted by molar-refractivity contribution is -0.181. The van der Waals surface area contributed by atoms with E-state index in [1.54, 1.807) is 0 Å². The van der Waals surface area contributed by atoms with Gasteiger partial charge in [-0.3, -0.25) is 4.79 Å². The van der Waals surface area contributed by atoms with Gasteiger partial charge in [0, 0.05) is 35.4 Å². The molecule has 7 nitrogen and oxygen atoms in total. The van der Waals surface area contributed by atoms with Gasteiger partial charge >= 0.3 is 5.97 Å². The zero-order chi connectivity index (χ0) is 14.8. The van der Waals surface area contributed by atoms with Crippen molar-refractivity contribution in [2.45, 2.75) is 31.3 Å². The Balaban J connectivity index is 4.95. The van der Waals surface area contributed by atoms with Crippen LogP contribution in [0.15, 0.2) is 0 Å². The largest absolute Gasteiger partial charge is 0.457 e. The molecule has 0 unspecified atom stereocenters. The van der Waals surface area contributed by atoms with Gasteiger partial charge in [0.2, 0.25) is 0 Å². The first-order valence-corrected chi connectivity index (χ1v) is 5.91. The third-order valence-electron chi connectivity index (χ3n) is 2.73. The lowest BCUT2D eigenvalue weighted by Gasteiger charge is -2.34. The first-order chi connectivity index (χ1) is 9.05. The van der Waals surface area contributed by atoms with Gasteiger partial charge in [-0.1, -0.05) is 0 Å². The van der Waals surface area contributed by atoms with Crippen LogP contribution in [0.25, 0.3) is 0 Å². The van der Waals surface area contributed by atoms with Crippen LogP contribution in [0, 0.1) is 0 Å². The maximum atomic E-state index is 11.0. The van der Waals surface area contributed by atoms with Crippen molar-refractivity contribution in [3.63, 3.8) is 0 Å². The topological polar surface area (TPSA) is 83.5 Å². The number of carbonyl (C=O) groups excluding carboxylic acids is 1. The molecule has 0 amide bonds. The van der Waals surface area contributed by atoms with E-state index in [0.29, 0.717) is 0 Å². The summed E-state index contributed by atoms with van der Waals surface area (Å²) in [7, 11) is 5.99. The van der Waals surface area contributed by atoms with Crippen molar-refractivity contribution in [1.29, 1.82) is 0 Å². The first-order valence-electron chi connectivity index (χ1n) is 5.91. The molecule has 4 atom stereocenters. The summed E-state index contributed by atoms with van der Waals surface area (Å²) in [6.07, 6.45) is -2.46. The number of hydrogen-bond acceptors (Lipinski definition) is 7. The summed E-state index contributed by atoms with van der Waals surface area (Å²) in [5, 5.41) is 9.32. The Bertz CT molecular complexity index is 246. The summed E-state index contributed by atoms with van der Waals surface area (Å²) < 4.78 is 26.0. The predicted octanol–water partition coefficient (Wildman–Crippen LogP) is -0.398. The molecule has 0 aromatic carbocycles. The van der Waals surface area contributed by atoms with Crippen molar-refractivity contribution in [3.05, 3.63) is 0 Å². The van der Waals surface area contributed by atoms with Gasteiger partial charge in [-0.05, 0) is 0 Å². The Morgan fingerprint density at radius 3 is 1.84 bits per heavy atom. The Morgan fingerprint density at radius 2 is 1.53 bits per heavy atom. The predicted molar refractivity (Wildman–Crippen MR) is 66.9 cm³/mol. The third kappa shape index (κ3) is 5.84. The van der Waals surface area contributed by atoms with Crippen molar-refractivity contribution in [2.75, 3.05) is 41.7 Å². The fraction of sp³-hybridized carbons (Fsp3) is 0.917. The lowest BCUT2D eigenvalue weighted by Crippen LogP contribution is -2.51. The minimum atomic E-state index is -0.832. The second-order valence-corrected chi connectivity index (χ2v) is 3.96. The average molecular weight is 280 g/mol. The van der Waals surface area contributed by atoms with Crippen LogP contribution in [0.3, 0.4) is 0 Å². The number of hydrogen-bond donors (Lipinski definition) is 1. The fourth-order valence-electron chi connectivity index (χ4n) is 1.88. The molecule has 0 bridgehead atoms. The number of ether oxygens (including phenoxy) is 5. The summed E-state index contributed by atoms with van der Waals surface area (Å²) in [6.45, 7) is 1.18. The van der Waals surface area contributed by atoms with Gasteiger partial charge in [0.25, 0.3) is 0 Å². The van der Waals surface area contributed by atoms with Gasteiger partial charge in [-0.2, -0.15) is 0 Å². The van der Waals surface area contributed by atoms with Crippen molar-refractivity contribution < 1.29 is 33.6 Å². The van der Waals surface area contributed by atoms with Crippen molar-refractivity contribution in [1.82, 2.24) is 0 Å². The number of esters is 1. The number of aliphatic hydroxyl groups excluding tert-OH is 1. The Labute approximate surface area is 113 Å². The number of carbonyl (C=O) groups is 1. The first kappa shape index (κ1) is 18.3. The molecular formula is C12H24O7. The minimum Gasteiger partial charge on any atom is -0.457 e. The molecule has 0 saturated carbocycles. The van der Waals surface area contributed by atoms with E-state index in [0.717, 1.165) is 0 Å². The highest BCUT2D eigenvalue weighted by Gasteiger charge is 2.37.